The molecule has 6 aromatic rings. The first-order valence-corrected chi connectivity index (χ1v) is 13.5. The highest BCUT2D eigenvalue weighted by Crippen LogP contribution is 2.42. The monoisotopic (exact) mass is 500 g/mol. The molecule has 2 nitrogen and oxygen atoms in total. The van der Waals surface area contributed by atoms with Crippen LogP contribution in [0.5, 0.6) is 0 Å². The maximum atomic E-state index is 5.17. The zero-order valence-corrected chi connectivity index (χ0v) is 21.6. The average molecular weight is 501 g/mol. The number of anilines is 1. The van der Waals surface area contributed by atoms with Gasteiger partial charge in [-0.05, 0) is 68.1 Å². The molecule has 1 heterocycles. The van der Waals surface area contributed by atoms with Gasteiger partial charge in [-0.1, -0.05) is 127 Å². The van der Waals surface area contributed by atoms with Crippen molar-refractivity contribution in [2.24, 2.45) is 5.10 Å². The minimum absolute atomic E-state index is 0.100. The van der Waals surface area contributed by atoms with Crippen molar-refractivity contribution in [3.05, 3.63) is 157 Å². The smallest absolute Gasteiger partial charge is 0.0843 e. The molecule has 39 heavy (non-hydrogen) atoms. The van der Waals surface area contributed by atoms with Crippen molar-refractivity contribution in [1.29, 1.82) is 0 Å². The van der Waals surface area contributed by atoms with Gasteiger partial charge in [0.05, 0.1) is 17.4 Å². The minimum Gasteiger partial charge on any atom is -0.257 e. The van der Waals surface area contributed by atoms with E-state index in [4.69, 9.17) is 5.10 Å². The molecule has 0 fully saturated rings. The van der Waals surface area contributed by atoms with E-state index in [0.717, 1.165) is 17.8 Å². The van der Waals surface area contributed by atoms with Gasteiger partial charge >= 0.3 is 0 Å². The number of allylic oxidation sites excluding steroid dienone is 1. The molecule has 2 heteroatoms. The predicted molar refractivity (Wildman–Crippen MR) is 166 cm³/mol. The van der Waals surface area contributed by atoms with Crippen LogP contribution in [0.3, 0.4) is 0 Å². The summed E-state index contributed by atoms with van der Waals surface area (Å²) in [7, 11) is 0. The van der Waals surface area contributed by atoms with Gasteiger partial charge in [-0.2, -0.15) is 5.10 Å². The third-order valence-corrected chi connectivity index (χ3v) is 7.59. The molecule has 0 saturated carbocycles. The van der Waals surface area contributed by atoms with E-state index in [1.165, 1.54) is 43.8 Å². The van der Waals surface area contributed by atoms with Crippen LogP contribution in [-0.2, 0) is 0 Å². The Morgan fingerprint density at radius 2 is 1.13 bits per heavy atom. The fraction of sp³-hybridized carbons (Fsp3) is 0.0541. The van der Waals surface area contributed by atoms with E-state index in [-0.39, 0.29) is 6.04 Å². The fourth-order valence-electron chi connectivity index (χ4n) is 5.70. The first kappa shape index (κ1) is 23.2. The van der Waals surface area contributed by atoms with Gasteiger partial charge in [0.15, 0.2) is 0 Å². The Bertz CT molecular complexity index is 1760. The van der Waals surface area contributed by atoms with E-state index in [0.29, 0.717) is 0 Å². The number of hydrazone groups is 1. The molecule has 0 aromatic heterocycles. The predicted octanol–water partition coefficient (Wildman–Crippen LogP) is 9.68. The summed E-state index contributed by atoms with van der Waals surface area (Å²) >= 11 is 0. The molecular weight excluding hydrogens is 472 g/mol. The quantitative estimate of drug-likeness (QED) is 0.215. The highest BCUT2D eigenvalue weighted by Gasteiger charge is 2.30. The molecule has 0 radical (unpaired) electrons. The molecule has 0 spiro atoms. The van der Waals surface area contributed by atoms with Crippen molar-refractivity contribution in [3.8, 4) is 11.1 Å². The number of para-hydroxylation sites is 1. The van der Waals surface area contributed by atoms with Crippen LogP contribution in [-0.4, -0.2) is 5.71 Å². The summed E-state index contributed by atoms with van der Waals surface area (Å²) in [6.07, 6.45) is 5.20. The molecule has 0 bridgehead atoms. The minimum atomic E-state index is 0.100. The lowest BCUT2D eigenvalue weighted by Gasteiger charge is -2.26. The molecule has 0 aliphatic carbocycles. The van der Waals surface area contributed by atoms with Crippen LogP contribution in [0.15, 0.2) is 151 Å². The summed E-state index contributed by atoms with van der Waals surface area (Å²) in [4.78, 5) is 0. The Morgan fingerprint density at radius 3 is 1.79 bits per heavy atom. The molecule has 0 amide bonds. The van der Waals surface area contributed by atoms with E-state index >= 15 is 0 Å². The molecular formula is C37H28N2. The Labute approximate surface area is 229 Å². The van der Waals surface area contributed by atoms with Gasteiger partial charge in [0.2, 0.25) is 0 Å². The number of fused-ring (bicyclic) bond motifs is 2. The fourth-order valence-corrected chi connectivity index (χ4v) is 5.70. The van der Waals surface area contributed by atoms with Gasteiger partial charge in [0.1, 0.15) is 0 Å². The molecule has 1 aliphatic heterocycles. The number of hydrogen-bond donors (Lipinski definition) is 0. The summed E-state index contributed by atoms with van der Waals surface area (Å²) in [5, 5.41) is 12.5. The summed E-state index contributed by atoms with van der Waals surface area (Å²) in [6, 6.07) is 49.6. The van der Waals surface area contributed by atoms with Crippen LogP contribution in [0, 0.1) is 0 Å². The Balaban J connectivity index is 1.27. The molecule has 0 saturated heterocycles. The van der Waals surface area contributed by atoms with Crippen molar-refractivity contribution in [2.45, 2.75) is 12.5 Å². The summed E-state index contributed by atoms with van der Waals surface area (Å²) in [5.74, 6) is 0. The SMILES string of the molecule is C(=C\c1ccc(-c2ccccc2)cc1)/C1=NN(c2ccccc2)C(c2c3ccccc3cc3ccccc23)C1. The highest BCUT2D eigenvalue weighted by molar-refractivity contribution is 6.06. The Morgan fingerprint density at radius 1 is 0.564 bits per heavy atom. The second kappa shape index (κ2) is 10.1. The van der Waals surface area contributed by atoms with Crippen molar-refractivity contribution in [1.82, 2.24) is 0 Å². The molecule has 1 unspecified atom stereocenters. The second-order valence-corrected chi connectivity index (χ2v) is 10.0. The van der Waals surface area contributed by atoms with Crippen LogP contribution >= 0.6 is 0 Å². The van der Waals surface area contributed by atoms with E-state index in [1.54, 1.807) is 0 Å². The zero-order valence-electron chi connectivity index (χ0n) is 21.6. The topological polar surface area (TPSA) is 15.6 Å². The lowest BCUT2D eigenvalue weighted by Crippen LogP contribution is -2.19. The molecule has 0 N–H and O–H groups in total. The number of benzene rings is 6. The molecule has 1 aliphatic rings. The second-order valence-electron chi connectivity index (χ2n) is 10.0. The Hall–Kier alpha value is -4.95. The van der Waals surface area contributed by atoms with Crippen molar-refractivity contribution in [2.75, 3.05) is 5.01 Å². The Kier molecular flexibility index (Phi) is 5.99. The lowest BCUT2D eigenvalue weighted by atomic mass is 9.90. The summed E-state index contributed by atoms with van der Waals surface area (Å²) in [5.41, 5.74) is 7.15. The van der Waals surface area contributed by atoms with Crippen LogP contribution < -0.4 is 5.01 Å². The van der Waals surface area contributed by atoms with Gasteiger partial charge in [0.25, 0.3) is 0 Å². The van der Waals surface area contributed by atoms with Crippen molar-refractivity contribution < 1.29 is 0 Å². The normalized spacial score (nSPS) is 15.3. The van der Waals surface area contributed by atoms with Crippen LogP contribution in [0.1, 0.15) is 23.6 Å². The largest absolute Gasteiger partial charge is 0.257 e. The molecule has 6 aromatic carbocycles. The number of nitrogens with zero attached hydrogens (tertiary/aromatic N) is 2. The third kappa shape index (κ3) is 4.51. The van der Waals surface area contributed by atoms with E-state index in [2.05, 4.69) is 157 Å². The average Bonchev–Trinajstić information content (AvgIpc) is 3.44. The molecule has 1 atom stereocenters. The van der Waals surface area contributed by atoms with Gasteiger partial charge in [-0.3, -0.25) is 5.01 Å². The van der Waals surface area contributed by atoms with Crippen LogP contribution in [0.4, 0.5) is 5.69 Å². The maximum absolute atomic E-state index is 5.17. The number of rotatable bonds is 5. The first-order valence-electron chi connectivity index (χ1n) is 13.5. The summed E-state index contributed by atoms with van der Waals surface area (Å²) in [6.45, 7) is 0. The van der Waals surface area contributed by atoms with E-state index in [1.807, 2.05) is 0 Å². The number of hydrogen-bond acceptors (Lipinski definition) is 2. The molecule has 7 rings (SSSR count). The van der Waals surface area contributed by atoms with E-state index in [9.17, 15) is 0 Å². The van der Waals surface area contributed by atoms with Crippen molar-refractivity contribution >= 4 is 39.0 Å². The third-order valence-electron chi connectivity index (χ3n) is 7.59. The van der Waals surface area contributed by atoms with Crippen LogP contribution in [0.2, 0.25) is 0 Å². The highest BCUT2D eigenvalue weighted by atomic mass is 15.5. The van der Waals surface area contributed by atoms with Gasteiger partial charge in [-0.15, -0.1) is 0 Å². The van der Waals surface area contributed by atoms with Crippen molar-refractivity contribution in [3.63, 3.8) is 0 Å². The van der Waals surface area contributed by atoms with E-state index < -0.39 is 0 Å². The summed E-state index contributed by atoms with van der Waals surface area (Å²) < 4.78 is 0. The van der Waals surface area contributed by atoms with Crippen LogP contribution in [0.25, 0.3) is 38.7 Å². The maximum Gasteiger partial charge on any atom is 0.0843 e. The zero-order chi connectivity index (χ0) is 26.0. The van der Waals surface area contributed by atoms with Gasteiger partial charge in [0, 0.05) is 6.42 Å². The van der Waals surface area contributed by atoms with Gasteiger partial charge < -0.3 is 0 Å². The standard InChI is InChI=1S/C37H28N2/c1-3-11-28(12-4-1)29-22-19-27(20-23-29)21-24-32-26-36(39(38-32)33-15-5-2-6-16-33)37-34-17-9-7-13-30(34)25-31-14-8-10-18-35(31)37/h1-25,36H,26H2/b24-21+. The van der Waals surface area contributed by atoms with Gasteiger partial charge in [-0.25, -0.2) is 0 Å². The first-order chi connectivity index (χ1) is 19.3. The lowest BCUT2D eigenvalue weighted by molar-refractivity contribution is 0.719. The molecule has 186 valence electrons.